The fraction of sp³-hybridized carbons (Fsp3) is 0. The van der Waals surface area contributed by atoms with Gasteiger partial charge in [0.2, 0.25) is 8.87 Å². The zero-order valence-electron chi connectivity index (χ0n) is 17.3. The van der Waals surface area contributed by atoms with Crippen LogP contribution in [0.3, 0.4) is 0 Å². The minimum atomic E-state index is -3.87. The van der Waals surface area contributed by atoms with Crippen molar-refractivity contribution in [1.82, 2.24) is 0 Å². The van der Waals surface area contributed by atoms with E-state index in [9.17, 15) is 8.42 Å². The highest BCUT2D eigenvalue weighted by Gasteiger charge is 2.45. The average Bonchev–Trinajstić information content (AvgIpc) is 2.86. The molecule has 4 heteroatoms. The van der Waals surface area contributed by atoms with E-state index in [-0.39, 0.29) is 0 Å². The van der Waals surface area contributed by atoms with Gasteiger partial charge < -0.3 is 0 Å². The van der Waals surface area contributed by atoms with Crippen molar-refractivity contribution in [3.8, 4) is 0 Å². The molecular formula is C28H22O2S2. The second-order valence-corrected chi connectivity index (χ2v) is 14.1. The Morgan fingerprint density at radius 2 is 0.812 bits per heavy atom. The maximum atomic E-state index is 14.9. The Labute approximate surface area is 189 Å². The standard InChI is InChI=1S/C28H22O2S2/c29-32(30,28-22-12-14-23-13-10-11-21-27(23)28)31(24-15-4-1-5-16-24,25-17-6-2-7-18-25)26-19-8-3-9-20-26/h1-22H. The zero-order chi connectivity index (χ0) is 22.0. The molecule has 32 heavy (non-hydrogen) atoms. The van der Waals surface area contributed by atoms with Gasteiger partial charge in [0.25, 0.3) is 0 Å². The summed E-state index contributed by atoms with van der Waals surface area (Å²) in [6.45, 7) is 0. The molecule has 0 unspecified atom stereocenters. The summed E-state index contributed by atoms with van der Waals surface area (Å²) in [6, 6.07) is 42.2. The van der Waals surface area contributed by atoms with E-state index < -0.39 is 17.9 Å². The summed E-state index contributed by atoms with van der Waals surface area (Å²) in [7, 11) is -6.55. The Balaban J connectivity index is 1.97. The zero-order valence-corrected chi connectivity index (χ0v) is 19.0. The van der Waals surface area contributed by atoms with Crippen molar-refractivity contribution < 1.29 is 8.42 Å². The van der Waals surface area contributed by atoms with E-state index in [4.69, 9.17) is 0 Å². The summed E-state index contributed by atoms with van der Waals surface area (Å²) < 4.78 is 29.8. The van der Waals surface area contributed by atoms with Crippen molar-refractivity contribution in [2.45, 2.75) is 19.6 Å². The van der Waals surface area contributed by atoms with Crippen molar-refractivity contribution in [1.29, 1.82) is 0 Å². The first-order valence-electron chi connectivity index (χ1n) is 10.4. The molecule has 0 saturated carbocycles. The van der Waals surface area contributed by atoms with E-state index in [0.717, 1.165) is 25.5 Å². The van der Waals surface area contributed by atoms with Gasteiger partial charge in [0.1, 0.15) is 0 Å². The van der Waals surface area contributed by atoms with Gasteiger partial charge in [-0.25, -0.2) is 8.42 Å². The summed E-state index contributed by atoms with van der Waals surface area (Å²) in [5, 5.41) is 1.66. The molecule has 158 valence electrons. The molecule has 0 spiro atoms. The smallest absolute Gasteiger partial charge is 0.213 e. The lowest BCUT2D eigenvalue weighted by atomic mass is 10.1. The number of hydrogen-bond acceptors (Lipinski definition) is 2. The van der Waals surface area contributed by atoms with Crippen LogP contribution in [-0.4, -0.2) is 8.42 Å². The first kappa shape index (κ1) is 20.6. The molecule has 5 aromatic rings. The molecule has 0 radical (unpaired) electrons. The minimum absolute atomic E-state index is 0.363. The summed E-state index contributed by atoms with van der Waals surface area (Å²) in [4.78, 5) is 2.75. The molecule has 0 aliphatic rings. The lowest BCUT2D eigenvalue weighted by Gasteiger charge is -2.40. The molecule has 2 nitrogen and oxygen atoms in total. The Morgan fingerprint density at radius 1 is 0.406 bits per heavy atom. The maximum Gasteiger partial charge on any atom is 0.225 e. The van der Waals surface area contributed by atoms with Gasteiger partial charge in [0.15, 0.2) is 0 Å². The molecule has 0 aliphatic carbocycles. The van der Waals surface area contributed by atoms with Crippen LogP contribution in [0.25, 0.3) is 10.8 Å². The maximum absolute atomic E-state index is 14.9. The van der Waals surface area contributed by atoms with Crippen molar-refractivity contribution in [2.24, 2.45) is 0 Å². The number of hydrogen-bond donors (Lipinski definition) is 0. The molecule has 0 aliphatic heterocycles. The largest absolute Gasteiger partial charge is 0.225 e. The van der Waals surface area contributed by atoms with E-state index in [1.807, 2.05) is 127 Å². The first-order valence-corrected chi connectivity index (χ1v) is 14.0. The molecule has 0 atom stereocenters. The van der Waals surface area contributed by atoms with E-state index in [1.54, 1.807) is 6.07 Å². The van der Waals surface area contributed by atoms with Crippen molar-refractivity contribution in [3.05, 3.63) is 133 Å². The van der Waals surface area contributed by atoms with Crippen LogP contribution in [0.2, 0.25) is 0 Å². The SMILES string of the molecule is O=S(=O)(c1cccc2ccccc12)S(c1ccccc1)(c1ccccc1)c1ccccc1. The number of benzene rings is 5. The summed E-state index contributed by atoms with van der Waals surface area (Å²) in [6.07, 6.45) is 0. The monoisotopic (exact) mass is 454 g/mol. The van der Waals surface area contributed by atoms with E-state index in [1.165, 1.54) is 0 Å². The van der Waals surface area contributed by atoms with Crippen LogP contribution in [0.1, 0.15) is 0 Å². The lowest BCUT2D eigenvalue weighted by molar-refractivity contribution is 0.610. The molecule has 5 aromatic carbocycles. The highest BCUT2D eigenvalue weighted by molar-refractivity contribution is 8.90. The third-order valence-corrected chi connectivity index (χ3v) is 14.2. The van der Waals surface area contributed by atoms with Crippen molar-refractivity contribution in [3.63, 3.8) is 0 Å². The van der Waals surface area contributed by atoms with Crippen LogP contribution in [0.15, 0.2) is 153 Å². The van der Waals surface area contributed by atoms with Crippen LogP contribution in [-0.2, 0) is 8.87 Å². The Hall–Kier alpha value is -3.34. The van der Waals surface area contributed by atoms with E-state index in [2.05, 4.69) is 0 Å². The highest BCUT2D eigenvalue weighted by Crippen LogP contribution is 2.74. The van der Waals surface area contributed by atoms with Crippen molar-refractivity contribution in [2.75, 3.05) is 0 Å². The van der Waals surface area contributed by atoms with Crippen LogP contribution >= 0.6 is 9.06 Å². The Kier molecular flexibility index (Phi) is 5.33. The average molecular weight is 455 g/mol. The highest BCUT2D eigenvalue weighted by atomic mass is 33.2. The van der Waals surface area contributed by atoms with Crippen LogP contribution in [0, 0.1) is 0 Å². The van der Waals surface area contributed by atoms with E-state index >= 15 is 0 Å². The van der Waals surface area contributed by atoms with Gasteiger partial charge in [-0.1, -0.05) is 100 Å². The molecular weight excluding hydrogens is 432 g/mol. The normalized spacial score (nSPS) is 12.5. The van der Waals surface area contributed by atoms with Gasteiger partial charge >= 0.3 is 0 Å². The fourth-order valence-corrected chi connectivity index (χ4v) is 12.9. The molecule has 0 aromatic heterocycles. The number of fused-ring (bicyclic) bond motifs is 1. The lowest BCUT2D eigenvalue weighted by Crippen LogP contribution is -2.16. The van der Waals surface area contributed by atoms with Gasteiger partial charge in [-0.3, -0.25) is 0 Å². The third kappa shape index (κ3) is 3.15. The predicted molar refractivity (Wildman–Crippen MR) is 133 cm³/mol. The van der Waals surface area contributed by atoms with Gasteiger partial charge in [-0.05, 0) is 47.9 Å². The summed E-state index contributed by atoms with van der Waals surface area (Å²) >= 11 is 0. The minimum Gasteiger partial charge on any atom is -0.213 e. The van der Waals surface area contributed by atoms with Crippen LogP contribution < -0.4 is 0 Å². The van der Waals surface area contributed by atoms with E-state index in [0.29, 0.717) is 4.90 Å². The predicted octanol–water partition coefficient (Wildman–Crippen LogP) is 7.51. The third-order valence-electron chi connectivity index (χ3n) is 5.57. The second-order valence-electron chi connectivity index (χ2n) is 7.43. The first-order chi connectivity index (χ1) is 15.7. The van der Waals surface area contributed by atoms with Gasteiger partial charge in [0.05, 0.1) is 4.90 Å². The van der Waals surface area contributed by atoms with Crippen molar-refractivity contribution >= 4 is 28.7 Å². The molecule has 0 heterocycles. The molecule has 0 saturated heterocycles. The second kappa shape index (κ2) is 8.30. The van der Waals surface area contributed by atoms with Gasteiger partial charge in [-0.2, -0.15) is 0 Å². The molecule has 5 rings (SSSR count). The summed E-state index contributed by atoms with van der Waals surface area (Å²) in [5.41, 5.74) is 0. The molecule has 0 bridgehead atoms. The molecule has 0 N–H and O–H groups in total. The summed E-state index contributed by atoms with van der Waals surface area (Å²) in [5.74, 6) is 0. The molecule has 0 fully saturated rings. The topological polar surface area (TPSA) is 34.1 Å². The van der Waals surface area contributed by atoms with Crippen LogP contribution in [0.5, 0.6) is 0 Å². The van der Waals surface area contributed by atoms with Gasteiger partial charge in [-0.15, -0.1) is 0 Å². The Morgan fingerprint density at radius 3 is 1.31 bits per heavy atom. The van der Waals surface area contributed by atoms with Crippen LogP contribution in [0.4, 0.5) is 0 Å². The van der Waals surface area contributed by atoms with Gasteiger partial charge in [0, 0.05) is 20.1 Å². The fourth-order valence-electron chi connectivity index (χ4n) is 4.17. The molecule has 0 amide bonds. The number of rotatable bonds is 5. The Bertz CT molecular complexity index is 1360. The quantitative estimate of drug-likeness (QED) is 0.258.